The highest BCUT2D eigenvalue weighted by molar-refractivity contribution is 5.73. The van der Waals surface area contributed by atoms with Gasteiger partial charge in [0.05, 0.1) is 0 Å². The Morgan fingerprint density at radius 1 is 0.686 bits per heavy atom. The van der Waals surface area contributed by atoms with Gasteiger partial charge in [-0.3, -0.25) is 4.79 Å². The predicted octanol–water partition coefficient (Wildman–Crippen LogP) is 7.68. The molecule has 1 heterocycles. The number of amides is 1. The maximum atomic E-state index is 11.3. The van der Waals surface area contributed by atoms with E-state index in [1.807, 2.05) is 4.90 Å². The lowest BCUT2D eigenvalue weighted by atomic mass is 9.81. The Balaban J connectivity index is 0.000000198. The zero-order valence-electron chi connectivity index (χ0n) is 23.4. The molecule has 3 nitrogen and oxygen atoms in total. The maximum Gasteiger partial charge on any atom is 0.219 e. The summed E-state index contributed by atoms with van der Waals surface area (Å²) in [6, 6.07) is 18.2. The van der Waals surface area contributed by atoms with Crippen LogP contribution in [-0.4, -0.2) is 37.0 Å². The van der Waals surface area contributed by atoms with Gasteiger partial charge >= 0.3 is 0 Å². The van der Waals surface area contributed by atoms with Crippen LogP contribution in [0.5, 0.6) is 0 Å². The molecule has 0 N–H and O–H groups in total. The van der Waals surface area contributed by atoms with Crippen LogP contribution in [0, 0.1) is 0 Å². The van der Waals surface area contributed by atoms with Crippen molar-refractivity contribution in [2.45, 2.75) is 97.3 Å². The minimum absolute atomic E-state index is 0.183. The van der Waals surface area contributed by atoms with Gasteiger partial charge in [-0.2, -0.15) is 0 Å². The van der Waals surface area contributed by atoms with E-state index in [-0.39, 0.29) is 16.7 Å². The third-order valence-electron chi connectivity index (χ3n) is 7.68. The molecular weight excluding hydrogens is 428 g/mol. The molecule has 2 aromatic rings. The summed E-state index contributed by atoms with van der Waals surface area (Å²) < 4.78 is 0. The Labute approximate surface area is 214 Å². The fourth-order valence-corrected chi connectivity index (χ4v) is 5.14. The number of carbonyl (C=O) groups is 1. The van der Waals surface area contributed by atoms with E-state index in [1.54, 1.807) is 12.5 Å². The molecule has 2 aromatic carbocycles. The normalized spacial score (nSPS) is 17.6. The predicted molar refractivity (Wildman–Crippen MR) is 151 cm³/mol. The summed E-state index contributed by atoms with van der Waals surface area (Å²) in [7, 11) is 0. The van der Waals surface area contributed by atoms with Crippen LogP contribution in [0.4, 0.5) is 5.69 Å². The second-order valence-electron chi connectivity index (χ2n) is 12.5. The molecule has 35 heavy (non-hydrogen) atoms. The molecule has 1 saturated carbocycles. The zero-order chi connectivity index (χ0) is 25.6. The Bertz CT molecular complexity index is 918. The first-order valence-electron chi connectivity index (χ1n) is 13.7. The van der Waals surface area contributed by atoms with E-state index in [9.17, 15) is 4.79 Å². The van der Waals surface area contributed by atoms with Crippen molar-refractivity contribution in [1.82, 2.24) is 4.90 Å². The summed E-state index contributed by atoms with van der Waals surface area (Å²) in [6.07, 6.45) is 7.08. The van der Waals surface area contributed by atoms with Crippen molar-refractivity contribution in [2.24, 2.45) is 0 Å². The molecule has 0 aromatic heterocycles. The highest BCUT2D eigenvalue weighted by Crippen LogP contribution is 2.33. The highest BCUT2D eigenvalue weighted by atomic mass is 16.2. The lowest BCUT2D eigenvalue weighted by molar-refractivity contribution is -0.129. The van der Waals surface area contributed by atoms with Crippen molar-refractivity contribution in [3.05, 3.63) is 65.2 Å². The molecule has 1 saturated heterocycles. The fraction of sp³-hybridized carbons (Fsp3) is 0.594. The SMILES string of the molecule is CC(=O)N1CCN(c2ccc(C(C)(C)C)cc2)CC1.CC(C)(C)c1ccc(C2CCCCC2)cc1. The Kier molecular flexibility index (Phi) is 9.07. The quantitative estimate of drug-likeness (QED) is 0.444. The Morgan fingerprint density at radius 2 is 1.14 bits per heavy atom. The molecule has 3 heteroatoms. The van der Waals surface area contributed by atoms with Crippen LogP contribution in [0.2, 0.25) is 0 Å². The van der Waals surface area contributed by atoms with Crippen LogP contribution in [0.3, 0.4) is 0 Å². The van der Waals surface area contributed by atoms with Crippen molar-refractivity contribution in [1.29, 1.82) is 0 Å². The highest BCUT2D eigenvalue weighted by Gasteiger charge is 2.20. The lowest BCUT2D eigenvalue weighted by Gasteiger charge is -2.35. The van der Waals surface area contributed by atoms with Gasteiger partial charge < -0.3 is 9.80 Å². The summed E-state index contributed by atoms with van der Waals surface area (Å²) in [4.78, 5) is 15.6. The van der Waals surface area contributed by atoms with E-state index < -0.39 is 0 Å². The summed E-state index contributed by atoms with van der Waals surface area (Å²) in [5.41, 5.74) is 6.12. The molecule has 2 aliphatic rings. The Hall–Kier alpha value is -2.29. The average Bonchev–Trinajstić information content (AvgIpc) is 2.84. The largest absolute Gasteiger partial charge is 0.368 e. The van der Waals surface area contributed by atoms with Gasteiger partial charge in [-0.25, -0.2) is 0 Å². The van der Waals surface area contributed by atoms with Gasteiger partial charge in [-0.15, -0.1) is 0 Å². The van der Waals surface area contributed by atoms with Crippen LogP contribution in [0.1, 0.15) is 103 Å². The molecule has 192 valence electrons. The van der Waals surface area contributed by atoms with Crippen molar-refractivity contribution in [3.63, 3.8) is 0 Å². The van der Waals surface area contributed by atoms with E-state index in [2.05, 4.69) is 95.0 Å². The van der Waals surface area contributed by atoms with Gasteiger partial charge in [-0.05, 0) is 58.4 Å². The maximum absolute atomic E-state index is 11.3. The first-order valence-corrected chi connectivity index (χ1v) is 13.7. The molecule has 0 unspecified atom stereocenters. The molecule has 0 spiro atoms. The number of piperazine rings is 1. The molecule has 0 bridgehead atoms. The van der Waals surface area contributed by atoms with Gasteiger partial charge in [0.15, 0.2) is 0 Å². The van der Waals surface area contributed by atoms with E-state index in [0.29, 0.717) is 0 Å². The molecule has 1 aliphatic heterocycles. The van der Waals surface area contributed by atoms with Crippen LogP contribution >= 0.6 is 0 Å². The molecule has 1 amide bonds. The number of hydrogen-bond acceptors (Lipinski definition) is 2. The van der Waals surface area contributed by atoms with Crippen LogP contribution in [-0.2, 0) is 15.6 Å². The number of rotatable bonds is 2. The van der Waals surface area contributed by atoms with E-state index in [0.717, 1.165) is 32.1 Å². The molecule has 4 rings (SSSR count). The van der Waals surface area contributed by atoms with Gasteiger partial charge in [0.25, 0.3) is 0 Å². The van der Waals surface area contributed by atoms with Crippen LogP contribution in [0.25, 0.3) is 0 Å². The lowest BCUT2D eigenvalue weighted by Crippen LogP contribution is -2.48. The van der Waals surface area contributed by atoms with Gasteiger partial charge in [0.1, 0.15) is 0 Å². The first-order chi connectivity index (χ1) is 16.4. The van der Waals surface area contributed by atoms with Gasteiger partial charge in [0, 0.05) is 38.8 Å². The van der Waals surface area contributed by atoms with Crippen molar-refractivity contribution in [2.75, 3.05) is 31.1 Å². The third-order valence-corrected chi connectivity index (χ3v) is 7.68. The molecular formula is C32H48N2O. The number of hydrogen-bond donors (Lipinski definition) is 0. The van der Waals surface area contributed by atoms with Crippen molar-refractivity contribution in [3.8, 4) is 0 Å². The minimum atomic E-state index is 0.183. The number of anilines is 1. The second-order valence-corrected chi connectivity index (χ2v) is 12.5. The summed E-state index contributed by atoms with van der Waals surface area (Å²) in [5, 5.41) is 0. The van der Waals surface area contributed by atoms with Crippen molar-refractivity contribution >= 4 is 11.6 Å². The van der Waals surface area contributed by atoms with Gasteiger partial charge in [0.2, 0.25) is 5.91 Å². The number of benzene rings is 2. The van der Waals surface area contributed by atoms with Crippen LogP contribution < -0.4 is 4.90 Å². The third kappa shape index (κ3) is 7.85. The van der Waals surface area contributed by atoms with E-state index >= 15 is 0 Å². The molecule has 0 radical (unpaired) electrons. The smallest absolute Gasteiger partial charge is 0.219 e. The fourth-order valence-electron chi connectivity index (χ4n) is 5.14. The summed E-state index contributed by atoms with van der Waals surface area (Å²) >= 11 is 0. The molecule has 0 atom stereocenters. The van der Waals surface area contributed by atoms with E-state index in [4.69, 9.17) is 0 Å². The molecule has 2 fully saturated rings. The first kappa shape index (κ1) is 27.3. The Morgan fingerprint density at radius 3 is 1.57 bits per heavy atom. The topological polar surface area (TPSA) is 23.6 Å². The van der Waals surface area contributed by atoms with Crippen LogP contribution in [0.15, 0.2) is 48.5 Å². The zero-order valence-corrected chi connectivity index (χ0v) is 23.4. The van der Waals surface area contributed by atoms with E-state index in [1.165, 1.54) is 48.9 Å². The standard InChI is InChI=1S/C16H24N2O.C16H24/c1-13(19)17-9-11-18(12-10-17)15-7-5-14(6-8-15)16(2,3)4;1-16(2,3)15-11-9-14(10-12-15)13-7-5-4-6-8-13/h5-8H,9-12H2,1-4H3;9-13H,4-8H2,1-3H3. The second kappa shape index (κ2) is 11.6. The van der Waals surface area contributed by atoms with Crippen molar-refractivity contribution < 1.29 is 4.79 Å². The monoisotopic (exact) mass is 476 g/mol. The average molecular weight is 477 g/mol. The number of carbonyl (C=O) groups excluding carboxylic acids is 1. The summed E-state index contributed by atoms with van der Waals surface area (Å²) in [5.74, 6) is 1.02. The molecule has 1 aliphatic carbocycles. The minimum Gasteiger partial charge on any atom is -0.368 e. The van der Waals surface area contributed by atoms with Gasteiger partial charge in [-0.1, -0.05) is 97.2 Å². The summed E-state index contributed by atoms with van der Waals surface area (Å²) in [6.45, 7) is 18.7. The number of nitrogens with zero attached hydrogens (tertiary/aromatic N) is 2.